The lowest BCUT2D eigenvalue weighted by Gasteiger charge is -2.45. The van der Waals surface area contributed by atoms with Gasteiger partial charge in [-0.25, -0.2) is 4.79 Å². The molecular weight excluding hydrogens is 304 g/mol. The summed E-state index contributed by atoms with van der Waals surface area (Å²) in [5.41, 5.74) is -0.572. The molecule has 2 amide bonds. The number of nitriles is 2. The van der Waals surface area contributed by atoms with E-state index in [4.69, 9.17) is 4.74 Å². The average Bonchev–Trinajstić information content (AvgIpc) is 2.48. The van der Waals surface area contributed by atoms with E-state index in [0.29, 0.717) is 31.5 Å². The summed E-state index contributed by atoms with van der Waals surface area (Å²) in [7, 11) is 0. The fourth-order valence-electron chi connectivity index (χ4n) is 3.07. The van der Waals surface area contributed by atoms with Crippen LogP contribution in [0.1, 0.15) is 19.8 Å². The maximum Gasteiger partial charge on any atom is 0.409 e. The van der Waals surface area contributed by atoms with Crippen molar-refractivity contribution < 1.29 is 14.3 Å². The minimum absolute atomic E-state index is 0.198. The van der Waals surface area contributed by atoms with Gasteiger partial charge in [-0.05, 0) is 19.8 Å². The summed E-state index contributed by atoms with van der Waals surface area (Å²) in [6.45, 7) is 2.67. The first-order chi connectivity index (χ1) is 10.5. The van der Waals surface area contributed by atoms with Crippen molar-refractivity contribution in [3.8, 4) is 12.1 Å². The van der Waals surface area contributed by atoms with Crippen molar-refractivity contribution in [1.82, 2.24) is 10.2 Å². The highest BCUT2D eigenvalue weighted by atomic mass is 32.1. The van der Waals surface area contributed by atoms with Gasteiger partial charge in [0.05, 0.1) is 29.3 Å². The fourth-order valence-corrected chi connectivity index (χ4v) is 3.45. The van der Waals surface area contributed by atoms with E-state index in [1.54, 1.807) is 6.92 Å². The number of nitrogens with one attached hydrogen (secondary N) is 1. The quantitative estimate of drug-likeness (QED) is 0.705. The summed E-state index contributed by atoms with van der Waals surface area (Å²) in [6, 6.07) is 4.07. The van der Waals surface area contributed by atoms with Gasteiger partial charge in [0, 0.05) is 18.5 Å². The van der Waals surface area contributed by atoms with Crippen LogP contribution in [0.4, 0.5) is 4.79 Å². The number of amides is 2. The number of nitrogens with zero attached hydrogens (tertiary/aromatic N) is 3. The lowest BCUT2D eigenvalue weighted by atomic mass is 9.63. The van der Waals surface area contributed by atoms with Crippen LogP contribution in [0.3, 0.4) is 0 Å². The number of hydrogen-bond acceptors (Lipinski definition) is 6. The van der Waals surface area contributed by atoms with E-state index in [0.717, 1.165) is 0 Å². The van der Waals surface area contributed by atoms with Crippen LogP contribution in [0.2, 0.25) is 0 Å². The second-order valence-electron chi connectivity index (χ2n) is 5.23. The summed E-state index contributed by atoms with van der Waals surface area (Å²) in [5, 5.41) is 21.4. The third kappa shape index (κ3) is 2.51. The summed E-state index contributed by atoms with van der Waals surface area (Å²) in [6.07, 6.45) is 0.286. The van der Waals surface area contributed by atoms with Crippen LogP contribution in [0.15, 0.2) is 10.6 Å². The van der Waals surface area contributed by atoms with Gasteiger partial charge >= 0.3 is 6.09 Å². The predicted molar refractivity (Wildman–Crippen MR) is 79.1 cm³/mol. The van der Waals surface area contributed by atoms with Crippen molar-refractivity contribution in [2.75, 3.05) is 19.7 Å². The molecule has 22 heavy (non-hydrogen) atoms. The largest absolute Gasteiger partial charge is 0.450 e. The van der Waals surface area contributed by atoms with Gasteiger partial charge in [0.1, 0.15) is 5.92 Å². The molecule has 1 fully saturated rings. The third-order valence-electron chi connectivity index (χ3n) is 4.21. The van der Waals surface area contributed by atoms with Gasteiger partial charge in [-0.2, -0.15) is 10.5 Å². The molecule has 2 aliphatic heterocycles. The summed E-state index contributed by atoms with van der Waals surface area (Å²) < 4.78 is 4.96. The first kappa shape index (κ1) is 16.2. The van der Waals surface area contributed by atoms with Crippen LogP contribution in [-0.2, 0) is 9.53 Å². The highest BCUT2D eigenvalue weighted by Crippen LogP contribution is 2.48. The number of allylic oxidation sites excluding steroid dienone is 1. The average molecular weight is 320 g/mol. The first-order valence-electron chi connectivity index (χ1n) is 6.96. The zero-order valence-electron chi connectivity index (χ0n) is 12.1. The molecule has 8 heteroatoms. The molecule has 0 unspecified atom stereocenters. The van der Waals surface area contributed by atoms with Crippen LogP contribution >= 0.6 is 12.6 Å². The Morgan fingerprint density at radius 1 is 1.50 bits per heavy atom. The molecule has 0 bridgehead atoms. The number of thiol groups is 1. The Hall–Kier alpha value is -2.19. The second kappa shape index (κ2) is 6.29. The predicted octanol–water partition coefficient (Wildman–Crippen LogP) is 1.16. The maximum absolute atomic E-state index is 12.1. The summed E-state index contributed by atoms with van der Waals surface area (Å²) >= 11 is 4.17. The van der Waals surface area contributed by atoms with E-state index in [1.165, 1.54) is 4.90 Å². The lowest BCUT2D eigenvalue weighted by Crippen LogP contribution is -2.53. The Morgan fingerprint density at radius 3 is 2.64 bits per heavy atom. The van der Waals surface area contributed by atoms with Crippen LogP contribution in [0.5, 0.6) is 0 Å². The summed E-state index contributed by atoms with van der Waals surface area (Å²) in [4.78, 5) is 25.4. The molecular formula is C14H16N4O3S. The molecule has 0 aromatic heterocycles. The van der Waals surface area contributed by atoms with Crippen LogP contribution in [-0.4, -0.2) is 36.6 Å². The van der Waals surface area contributed by atoms with Crippen molar-refractivity contribution in [1.29, 1.82) is 10.5 Å². The summed E-state index contributed by atoms with van der Waals surface area (Å²) in [5.74, 6) is -1.40. The second-order valence-corrected chi connectivity index (χ2v) is 5.68. The van der Waals surface area contributed by atoms with Crippen molar-refractivity contribution in [2.45, 2.75) is 19.8 Å². The van der Waals surface area contributed by atoms with E-state index in [2.05, 4.69) is 24.0 Å². The molecule has 0 aliphatic carbocycles. The monoisotopic (exact) mass is 320 g/mol. The number of likely N-dealkylation sites (tertiary alicyclic amines) is 1. The van der Waals surface area contributed by atoms with Crippen LogP contribution in [0, 0.1) is 34.0 Å². The molecule has 2 aliphatic rings. The van der Waals surface area contributed by atoms with E-state index in [-0.39, 0.29) is 11.6 Å². The van der Waals surface area contributed by atoms with Crippen molar-refractivity contribution >= 4 is 24.6 Å². The number of hydrogen-bond donors (Lipinski definition) is 2. The number of ether oxygens (including phenoxy) is 1. The van der Waals surface area contributed by atoms with Gasteiger partial charge in [-0.3, -0.25) is 4.79 Å². The molecule has 2 heterocycles. The smallest absolute Gasteiger partial charge is 0.409 e. The molecule has 0 aromatic carbocycles. The molecule has 1 saturated heterocycles. The van der Waals surface area contributed by atoms with Gasteiger partial charge < -0.3 is 15.0 Å². The van der Waals surface area contributed by atoms with Gasteiger partial charge in [0.2, 0.25) is 5.91 Å². The van der Waals surface area contributed by atoms with Gasteiger partial charge in [-0.1, -0.05) is 0 Å². The highest BCUT2D eigenvalue weighted by Gasteiger charge is 2.52. The third-order valence-corrected chi connectivity index (χ3v) is 4.55. The number of carbonyl (C=O) groups is 2. The Kier molecular flexibility index (Phi) is 4.62. The molecule has 1 atom stereocenters. The van der Waals surface area contributed by atoms with Gasteiger partial charge in [0.25, 0.3) is 0 Å². The molecule has 1 N–H and O–H groups in total. The molecule has 0 radical (unpaired) electrons. The van der Waals surface area contributed by atoms with E-state index in [1.807, 2.05) is 6.07 Å². The first-order valence-corrected chi connectivity index (χ1v) is 7.41. The Bertz CT molecular complexity index is 609. The minimum atomic E-state index is -0.956. The van der Waals surface area contributed by atoms with Crippen LogP contribution < -0.4 is 5.32 Å². The number of rotatable bonds is 1. The fraction of sp³-hybridized carbons (Fsp3) is 0.571. The molecule has 1 spiro atoms. The van der Waals surface area contributed by atoms with E-state index in [9.17, 15) is 20.1 Å². The van der Waals surface area contributed by atoms with Crippen molar-refractivity contribution in [3.63, 3.8) is 0 Å². The van der Waals surface area contributed by atoms with Crippen molar-refractivity contribution in [2.24, 2.45) is 11.3 Å². The SMILES string of the molecule is CCOC(=O)N1CCC2(CC1)C(C#N)=C(S)NC(=O)[C@@H]2C#N. The molecule has 2 rings (SSSR count). The number of piperidine rings is 1. The highest BCUT2D eigenvalue weighted by molar-refractivity contribution is 7.84. The Morgan fingerprint density at radius 2 is 2.14 bits per heavy atom. The standard InChI is InChI=1S/C14H16N4O3S/c1-2-21-13(20)18-5-3-14(4-6-18)9(7-15)11(19)17-12(22)10(14)8-16/h9,22H,2-6H2,1H3,(H,17,19)/t9-/m0/s1. The molecule has 7 nitrogen and oxygen atoms in total. The van der Waals surface area contributed by atoms with E-state index < -0.39 is 23.3 Å². The lowest BCUT2D eigenvalue weighted by molar-refractivity contribution is -0.127. The molecule has 116 valence electrons. The Labute approximate surface area is 133 Å². The van der Waals surface area contributed by atoms with Crippen molar-refractivity contribution in [3.05, 3.63) is 10.6 Å². The van der Waals surface area contributed by atoms with E-state index >= 15 is 0 Å². The van der Waals surface area contributed by atoms with Gasteiger partial charge in [0.15, 0.2) is 0 Å². The molecule has 0 aromatic rings. The number of carbonyl (C=O) groups excluding carboxylic acids is 2. The zero-order valence-corrected chi connectivity index (χ0v) is 13.0. The Balaban J connectivity index is 2.30. The topological polar surface area (TPSA) is 106 Å². The normalized spacial score (nSPS) is 23.5. The van der Waals surface area contributed by atoms with Gasteiger partial charge in [-0.15, -0.1) is 12.6 Å². The van der Waals surface area contributed by atoms with Crippen LogP contribution in [0.25, 0.3) is 0 Å². The minimum Gasteiger partial charge on any atom is -0.450 e. The maximum atomic E-state index is 12.1. The molecule has 0 saturated carbocycles. The zero-order chi connectivity index (χ0) is 16.3.